The van der Waals surface area contributed by atoms with Crippen molar-refractivity contribution in [2.75, 3.05) is 28.2 Å². The first-order valence-corrected chi connectivity index (χ1v) is 10.1. The van der Waals surface area contributed by atoms with Crippen molar-refractivity contribution >= 4 is 34.9 Å². The maximum atomic E-state index is 12.9. The van der Waals surface area contributed by atoms with Gasteiger partial charge in [-0.25, -0.2) is 4.98 Å². The molecule has 0 radical (unpaired) electrons. The Kier molecular flexibility index (Phi) is 5.55. The van der Waals surface area contributed by atoms with Crippen LogP contribution >= 0.6 is 0 Å². The number of imide groups is 1. The molecule has 2 aromatic rings. The van der Waals surface area contributed by atoms with Crippen LogP contribution in [0.15, 0.2) is 42.6 Å². The number of rotatable bonds is 4. The fraction of sp³-hybridized carbons (Fsp3) is 0.364. The third-order valence-electron chi connectivity index (χ3n) is 5.35. The first-order chi connectivity index (χ1) is 14.1. The van der Waals surface area contributed by atoms with Gasteiger partial charge in [0.15, 0.2) is 0 Å². The third kappa shape index (κ3) is 4.13. The lowest BCUT2D eigenvalue weighted by molar-refractivity contribution is -0.129. The van der Waals surface area contributed by atoms with Crippen LogP contribution in [0.4, 0.5) is 17.2 Å². The van der Waals surface area contributed by atoms with Crippen LogP contribution in [-0.4, -0.2) is 35.8 Å². The number of hydrogen-bond donors (Lipinski definition) is 1. The van der Waals surface area contributed by atoms with E-state index in [2.05, 4.69) is 15.2 Å². The van der Waals surface area contributed by atoms with Crippen molar-refractivity contribution in [3.05, 3.63) is 48.2 Å². The molecule has 3 amide bonds. The molecule has 0 saturated carbocycles. The van der Waals surface area contributed by atoms with E-state index in [1.165, 1.54) is 11.3 Å². The van der Waals surface area contributed by atoms with Gasteiger partial charge in [-0.3, -0.25) is 19.3 Å². The second kappa shape index (κ2) is 8.43. The van der Waals surface area contributed by atoms with Crippen LogP contribution in [0.25, 0.3) is 0 Å². The van der Waals surface area contributed by atoms with Gasteiger partial charge in [0.25, 0.3) is 5.91 Å². The Balaban J connectivity index is 1.49. The number of benzene rings is 1. The molecule has 2 aliphatic heterocycles. The van der Waals surface area contributed by atoms with E-state index in [0.717, 1.165) is 25.9 Å². The van der Waals surface area contributed by atoms with E-state index >= 15 is 0 Å². The van der Waals surface area contributed by atoms with Gasteiger partial charge in [0.1, 0.15) is 5.82 Å². The molecule has 150 valence electrons. The number of piperidine rings is 2. The van der Waals surface area contributed by atoms with Crippen LogP contribution in [0.3, 0.4) is 0 Å². The molecule has 0 bridgehead atoms. The van der Waals surface area contributed by atoms with Crippen LogP contribution in [0.5, 0.6) is 0 Å². The average molecular weight is 392 g/mol. The van der Waals surface area contributed by atoms with Crippen molar-refractivity contribution in [2.45, 2.75) is 38.5 Å². The van der Waals surface area contributed by atoms with Gasteiger partial charge in [-0.2, -0.15) is 0 Å². The Bertz CT molecular complexity index is 904. The fourth-order valence-corrected chi connectivity index (χ4v) is 3.87. The summed E-state index contributed by atoms with van der Waals surface area (Å²) in [6.45, 7) is 1.81. The summed E-state index contributed by atoms with van der Waals surface area (Å²) in [5, 5.41) is 2.90. The molecule has 4 rings (SSSR count). The molecular formula is C22H24N4O3. The second-order valence-corrected chi connectivity index (χ2v) is 7.40. The van der Waals surface area contributed by atoms with Crippen LogP contribution in [0.1, 0.15) is 48.9 Å². The van der Waals surface area contributed by atoms with Crippen molar-refractivity contribution in [3.8, 4) is 0 Å². The highest BCUT2D eigenvalue weighted by Crippen LogP contribution is 2.25. The lowest BCUT2D eigenvalue weighted by Crippen LogP contribution is -2.40. The van der Waals surface area contributed by atoms with Crippen LogP contribution in [0.2, 0.25) is 0 Å². The van der Waals surface area contributed by atoms with Gasteiger partial charge in [-0.05, 0) is 62.1 Å². The van der Waals surface area contributed by atoms with Gasteiger partial charge < -0.3 is 10.2 Å². The zero-order chi connectivity index (χ0) is 20.2. The lowest BCUT2D eigenvalue weighted by Gasteiger charge is -2.29. The smallest absolute Gasteiger partial charge is 0.259 e. The Hall–Kier alpha value is -3.22. The van der Waals surface area contributed by atoms with Gasteiger partial charge in [0.05, 0.1) is 11.3 Å². The molecule has 1 N–H and O–H groups in total. The minimum atomic E-state index is -0.225. The number of carbonyl (C=O) groups excluding carboxylic acids is 3. The monoisotopic (exact) mass is 392 g/mol. The van der Waals surface area contributed by atoms with Crippen LogP contribution in [-0.2, 0) is 9.59 Å². The number of carbonyl (C=O) groups is 3. The minimum Gasteiger partial charge on any atom is -0.356 e. The third-order valence-corrected chi connectivity index (χ3v) is 5.35. The van der Waals surface area contributed by atoms with E-state index in [9.17, 15) is 14.4 Å². The van der Waals surface area contributed by atoms with Gasteiger partial charge in [-0.1, -0.05) is 0 Å². The first kappa shape index (κ1) is 19.1. The molecule has 0 aliphatic carbocycles. The van der Waals surface area contributed by atoms with Crippen molar-refractivity contribution in [1.82, 2.24) is 4.98 Å². The highest BCUT2D eigenvalue weighted by atomic mass is 16.2. The Labute approximate surface area is 169 Å². The summed E-state index contributed by atoms with van der Waals surface area (Å²) in [6, 6.07) is 10.3. The predicted octanol–water partition coefficient (Wildman–Crippen LogP) is 3.37. The Morgan fingerprint density at radius 2 is 1.59 bits per heavy atom. The molecule has 2 aliphatic rings. The van der Waals surface area contributed by atoms with Gasteiger partial charge in [0, 0.05) is 37.8 Å². The quantitative estimate of drug-likeness (QED) is 0.807. The van der Waals surface area contributed by atoms with Crippen LogP contribution in [0, 0.1) is 0 Å². The summed E-state index contributed by atoms with van der Waals surface area (Å²) in [4.78, 5) is 44.8. The number of hydrogen-bond acceptors (Lipinski definition) is 5. The van der Waals surface area contributed by atoms with E-state index in [-0.39, 0.29) is 17.7 Å². The molecule has 3 heterocycles. The molecule has 7 nitrogen and oxygen atoms in total. The standard InChI is InChI=1S/C22H24N4O3/c27-19-7-4-8-20(28)26(19)17-11-9-16(10-12-17)24-22(29)18-6-5-13-23-21(18)25-14-2-1-3-15-25/h5-6,9-13H,1-4,7-8,14-15H2,(H,24,29). The lowest BCUT2D eigenvalue weighted by atomic mass is 10.1. The van der Waals surface area contributed by atoms with Crippen molar-refractivity contribution in [2.24, 2.45) is 0 Å². The Morgan fingerprint density at radius 1 is 0.897 bits per heavy atom. The zero-order valence-corrected chi connectivity index (χ0v) is 16.3. The van der Waals surface area contributed by atoms with Crippen molar-refractivity contribution in [3.63, 3.8) is 0 Å². The normalized spacial score (nSPS) is 17.4. The molecule has 0 spiro atoms. The number of nitrogens with zero attached hydrogens (tertiary/aromatic N) is 3. The minimum absolute atomic E-state index is 0.181. The highest BCUT2D eigenvalue weighted by molar-refractivity contribution is 6.16. The summed E-state index contributed by atoms with van der Waals surface area (Å²) < 4.78 is 0. The summed E-state index contributed by atoms with van der Waals surface area (Å²) in [6.07, 6.45) is 6.49. The van der Waals surface area contributed by atoms with Gasteiger partial charge in [0.2, 0.25) is 11.8 Å². The van der Waals surface area contributed by atoms with E-state index in [4.69, 9.17) is 0 Å². The van der Waals surface area contributed by atoms with Crippen molar-refractivity contribution < 1.29 is 14.4 Å². The van der Waals surface area contributed by atoms with E-state index in [1.54, 1.807) is 42.6 Å². The van der Waals surface area contributed by atoms with E-state index < -0.39 is 0 Å². The molecule has 2 saturated heterocycles. The molecule has 0 unspecified atom stereocenters. The summed E-state index contributed by atoms with van der Waals surface area (Å²) in [5.74, 6) is 0.126. The number of pyridine rings is 1. The maximum Gasteiger partial charge on any atom is 0.259 e. The van der Waals surface area contributed by atoms with E-state index in [1.807, 2.05) is 0 Å². The molecule has 2 fully saturated rings. The molecule has 1 aromatic heterocycles. The number of amides is 3. The second-order valence-electron chi connectivity index (χ2n) is 7.40. The predicted molar refractivity (Wildman–Crippen MR) is 111 cm³/mol. The summed E-state index contributed by atoms with van der Waals surface area (Å²) in [7, 11) is 0. The number of aromatic nitrogens is 1. The first-order valence-electron chi connectivity index (χ1n) is 10.1. The number of anilines is 3. The maximum absolute atomic E-state index is 12.9. The van der Waals surface area contributed by atoms with Gasteiger partial charge >= 0.3 is 0 Å². The summed E-state index contributed by atoms with van der Waals surface area (Å²) in [5.41, 5.74) is 1.68. The molecular weight excluding hydrogens is 368 g/mol. The topological polar surface area (TPSA) is 82.6 Å². The summed E-state index contributed by atoms with van der Waals surface area (Å²) >= 11 is 0. The largest absolute Gasteiger partial charge is 0.356 e. The molecule has 7 heteroatoms. The van der Waals surface area contributed by atoms with E-state index in [0.29, 0.717) is 42.0 Å². The van der Waals surface area contributed by atoms with Crippen molar-refractivity contribution in [1.29, 1.82) is 0 Å². The Morgan fingerprint density at radius 3 is 2.28 bits per heavy atom. The average Bonchev–Trinajstić information content (AvgIpc) is 2.75. The molecule has 29 heavy (non-hydrogen) atoms. The molecule has 0 atom stereocenters. The number of nitrogens with one attached hydrogen (secondary N) is 1. The van der Waals surface area contributed by atoms with Gasteiger partial charge in [-0.15, -0.1) is 0 Å². The SMILES string of the molecule is O=C(Nc1ccc(N2C(=O)CCCC2=O)cc1)c1cccnc1N1CCCCC1. The molecule has 1 aromatic carbocycles. The zero-order valence-electron chi connectivity index (χ0n) is 16.3. The fourth-order valence-electron chi connectivity index (χ4n) is 3.87. The van der Waals surface area contributed by atoms with Crippen LogP contribution < -0.4 is 15.1 Å². The highest BCUT2D eigenvalue weighted by Gasteiger charge is 2.27.